The molecule has 4 aliphatic heterocycles. The van der Waals surface area contributed by atoms with Gasteiger partial charge in [0.05, 0.1) is 63.7 Å². The molecule has 0 aliphatic carbocycles. The van der Waals surface area contributed by atoms with Gasteiger partial charge < -0.3 is 29.0 Å². The Morgan fingerprint density at radius 3 is 1.82 bits per heavy atom. The molecule has 0 amide bonds. The molecule has 4 aromatic rings. The molecule has 0 radical (unpaired) electrons. The highest BCUT2D eigenvalue weighted by atomic mass is 16.5. The predicted octanol–water partition coefficient (Wildman–Crippen LogP) is 6.79. The Balaban J connectivity index is 0.000000141. The summed E-state index contributed by atoms with van der Waals surface area (Å²) in [6.07, 6.45) is 8.86. The molecule has 0 fully saturated rings. The summed E-state index contributed by atoms with van der Waals surface area (Å²) in [5, 5.41) is 20.5. The molecule has 0 unspecified atom stereocenters. The topological polar surface area (TPSA) is 129 Å². The fraction of sp³-hybridized carbons (Fsp3) is 0.707. The maximum Gasteiger partial charge on any atom is 0.215 e. The zero-order valence-corrected chi connectivity index (χ0v) is 35.7. The zero-order chi connectivity index (χ0) is 40.1. The van der Waals surface area contributed by atoms with E-state index in [9.17, 15) is 0 Å². The van der Waals surface area contributed by atoms with Crippen LogP contribution in [0.4, 0.5) is 0 Å². The van der Waals surface area contributed by atoms with Gasteiger partial charge in [0, 0.05) is 47.7 Å². The Bertz CT molecular complexity index is 1810. The van der Waals surface area contributed by atoms with Gasteiger partial charge in [0.25, 0.3) is 0 Å². The van der Waals surface area contributed by atoms with E-state index in [4.69, 9.17) is 23.7 Å². The predicted molar refractivity (Wildman–Crippen MR) is 214 cm³/mol. The lowest BCUT2D eigenvalue weighted by atomic mass is 9.89. The Labute approximate surface area is 328 Å². The molecule has 1 N–H and O–H groups in total. The highest BCUT2D eigenvalue weighted by Crippen LogP contribution is 2.35. The summed E-state index contributed by atoms with van der Waals surface area (Å²) in [5.74, 6) is 5.27. The molecule has 0 bridgehead atoms. The third kappa shape index (κ3) is 10.2. The van der Waals surface area contributed by atoms with Gasteiger partial charge in [0.15, 0.2) is 0 Å². The van der Waals surface area contributed by atoms with Gasteiger partial charge in [-0.3, -0.25) is 0 Å². The first-order chi connectivity index (χ1) is 26.0. The molecule has 8 rings (SSSR count). The Kier molecular flexibility index (Phi) is 13.6. The van der Waals surface area contributed by atoms with E-state index >= 15 is 0 Å². The van der Waals surface area contributed by atoms with E-state index in [1.54, 1.807) is 7.11 Å². The van der Waals surface area contributed by atoms with Crippen molar-refractivity contribution in [1.82, 2.24) is 44.4 Å². The second-order valence-corrected chi connectivity index (χ2v) is 17.7. The summed E-state index contributed by atoms with van der Waals surface area (Å²) in [6.45, 7) is 30.5. The lowest BCUT2D eigenvalue weighted by Gasteiger charge is -2.30. The Hall–Kier alpha value is -4.04. The van der Waals surface area contributed by atoms with Crippen LogP contribution < -0.4 is 24.3 Å². The molecule has 8 heterocycles. The van der Waals surface area contributed by atoms with Crippen LogP contribution in [0.2, 0.25) is 0 Å². The molecule has 306 valence electrons. The Morgan fingerprint density at radius 1 is 0.709 bits per heavy atom. The quantitative estimate of drug-likeness (QED) is 0.232. The van der Waals surface area contributed by atoms with Gasteiger partial charge in [-0.25, -0.2) is 18.7 Å². The van der Waals surface area contributed by atoms with Crippen molar-refractivity contribution >= 4 is 0 Å². The van der Waals surface area contributed by atoms with Crippen LogP contribution in [0.1, 0.15) is 123 Å². The zero-order valence-electron chi connectivity index (χ0n) is 35.7. The van der Waals surface area contributed by atoms with Crippen molar-refractivity contribution in [2.75, 3.05) is 40.6 Å². The fourth-order valence-corrected chi connectivity index (χ4v) is 6.67. The molecule has 0 spiro atoms. The van der Waals surface area contributed by atoms with Crippen LogP contribution >= 0.6 is 0 Å². The van der Waals surface area contributed by atoms with Crippen molar-refractivity contribution in [2.24, 2.45) is 5.41 Å². The summed E-state index contributed by atoms with van der Waals surface area (Å²) in [6, 6.07) is 0.377. The minimum atomic E-state index is 0.0769. The van der Waals surface area contributed by atoms with E-state index in [1.165, 1.54) is 16.7 Å². The first-order valence-corrected chi connectivity index (χ1v) is 20.0. The SMILES string of the molecule is CC(C)c1cnn2c1OCC(C)(C)C2.CC(C)c1cnn2c1OCCC2.CN[C@H]1COc2c(C(C)C)cnn2C1.CO[C@H]1COc2c(C(C)(C)C)cnn2C1. The Morgan fingerprint density at radius 2 is 1.24 bits per heavy atom. The fourth-order valence-electron chi connectivity index (χ4n) is 6.67. The number of hydrogen-bond donors (Lipinski definition) is 1. The highest BCUT2D eigenvalue weighted by Gasteiger charge is 2.30. The van der Waals surface area contributed by atoms with Crippen LogP contribution in [0.25, 0.3) is 0 Å². The van der Waals surface area contributed by atoms with E-state index in [0.29, 0.717) is 30.4 Å². The maximum absolute atomic E-state index is 5.77. The summed E-state index contributed by atoms with van der Waals surface area (Å²) in [7, 11) is 3.65. The number of aryl methyl sites for hydroxylation is 1. The average Bonchev–Trinajstić information content (AvgIpc) is 3.95. The third-order valence-corrected chi connectivity index (χ3v) is 10.2. The first-order valence-electron chi connectivity index (χ1n) is 20.0. The number of aromatic nitrogens is 8. The number of fused-ring (bicyclic) bond motifs is 4. The summed E-state index contributed by atoms with van der Waals surface area (Å²) >= 11 is 0. The third-order valence-electron chi connectivity index (χ3n) is 10.2. The van der Waals surface area contributed by atoms with Crippen molar-refractivity contribution in [3.05, 3.63) is 47.0 Å². The molecule has 55 heavy (non-hydrogen) atoms. The minimum Gasteiger partial charge on any atom is -0.478 e. The van der Waals surface area contributed by atoms with Crippen LogP contribution in [0.3, 0.4) is 0 Å². The van der Waals surface area contributed by atoms with E-state index in [1.807, 2.05) is 50.6 Å². The average molecular weight is 766 g/mol. The molecule has 0 saturated heterocycles. The maximum atomic E-state index is 5.77. The second kappa shape index (κ2) is 17.8. The van der Waals surface area contributed by atoms with Gasteiger partial charge in [-0.2, -0.15) is 20.4 Å². The molecule has 2 atom stereocenters. The van der Waals surface area contributed by atoms with Crippen molar-refractivity contribution in [3.8, 4) is 23.5 Å². The summed E-state index contributed by atoms with van der Waals surface area (Å²) in [4.78, 5) is 0. The minimum absolute atomic E-state index is 0.0769. The van der Waals surface area contributed by atoms with Crippen LogP contribution in [-0.4, -0.2) is 91.9 Å². The number of nitrogens with zero attached hydrogens (tertiary/aromatic N) is 8. The van der Waals surface area contributed by atoms with Crippen molar-refractivity contribution < 1.29 is 23.7 Å². The van der Waals surface area contributed by atoms with Crippen LogP contribution in [-0.2, 0) is 36.3 Å². The lowest BCUT2D eigenvalue weighted by Crippen LogP contribution is -2.40. The molecular formula is C41H67N9O5. The summed E-state index contributed by atoms with van der Waals surface area (Å²) in [5.41, 5.74) is 5.10. The number of methoxy groups -OCH3 is 1. The van der Waals surface area contributed by atoms with Crippen molar-refractivity contribution in [3.63, 3.8) is 0 Å². The number of nitrogens with one attached hydrogen (secondary N) is 1. The van der Waals surface area contributed by atoms with Gasteiger partial charge in [-0.1, -0.05) is 76.2 Å². The highest BCUT2D eigenvalue weighted by molar-refractivity contribution is 5.32. The van der Waals surface area contributed by atoms with E-state index < -0.39 is 0 Å². The van der Waals surface area contributed by atoms with Crippen molar-refractivity contribution in [2.45, 2.75) is 144 Å². The first kappa shape index (κ1) is 42.1. The smallest absolute Gasteiger partial charge is 0.215 e. The van der Waals surface area contributed by atoms with Gasteiger partial charge >= 0.3 is 0 Å². The van der Waals surface area contributed by atoms with Crippen LogP contribution in [0.15, 0.2) is 24.8 Å². The number of ether oxygens (including phenoxy) is 5. The largest absolute Gasteiger partial charge is 0.478 e. The summed E-state index contributed by atoms with van der Waals surface area (Å²) < 4.78 is 35.8. The molecule has 4 aliphatic rings. The second-order valence-electron chi connectivity index (χ2n) is 17.7. The monoisotopic (exact) mass is 766 g/mol. The number of hydrogen-bond acceptors (Lipinski definition) is 10. The van der Waals surface area contributed by atoms with E-state index in [-0.39, 0.29) is 16.9 Å². The molecular weight excluding hydrogens is 699 g/mol. The number of rotatable bonds is 5. The van der Waals surface area contributed by atoms with E-state index in [0.717, 1.165) is 81.5 Å². The molecule has 14 heteroatoms. The normalized spacial score (nSPS) is 19.3. The van der Waals surface area contributed by atoms with E-state index in [2.05, 4.69) is 102 Å². The lowest BCUT2D eigenvalue weighted by molar-refractivity contribution is 0.0171. The van der Waals surface area contributed by atoms with Crippen molar-refractivity contribution in [1.29, 1.82) is 0 Å². The van der Waals surface area contributed by atoms with Crippen LogP contribution in [0, 0.1) is 5.41 Å². The molecule has 14 nitrogen and oxygen atoms in total. The molecule has 0 saturated carbocycles. The van der Waals surface area contributed by atoms with Crippen LogP contribution in [0.5, 0.6) is 23.5 Å². The van der Waals surface area contributed by atoms with Gasteiger partial charge in [0.1, 0.15) is 19.3 Å². The molecule has 4 aromatic heterocycles. The standard InChI is InChI=1S/C11H18N2O2.C11H18N2O.C10H17N3O.C9H14N2O/c1-11(2,3)9-5-12-13-6-8(14-4)7-15-10(9)13;1-8(2)9-5-12-13-6-11(3,4)7-14-10(9)13;1-7(2)9-4-12-13-5-8(11-3)6-14-10(9)13;1-7(2)8-6-10-11-4-3-5-12-9(8)11/h5,8H,6-7H2,1-4H3;5,8H,6-7H2,1-4H3;4,7-8,11H,5-6H2,1-3H3;6-7H,3-5H2,1-2H3/t8-;;8-;/m1.1./s1. The van der Waals surface area contributed by atoms with Gasteiger partial charge in [-0.15, -0.1) is 0 Å². The number of likely N-dealkylation sites (N-methyl/N-ethyl adjacent to an activating group) is 1. The van der Waals surface area contributed by atoms with Gasteiger partial charge in [0.2, 0.25) is 23.5 Å². The van der Waals surface area contributed by atoms with Gasteiger partial charge in [-0.05, 0) is 30.2 Å². The molecule has 0 aromatic carbocycles.